The summed E-state index contributed by atoms with van der Waals surface area (Å²) in [5, 5.41) is 8.03. The molecule has 0 radical (unpaired) electrons. The summed E-state index contributed by atoms with van der Waals surface area (Å²) < 4.78 is 1.69. The van der Waals surface area contributed by atoms with E-state index >= 15 is 0 Å². The third kappa shape index (κ3) is 3.30. The number of aryl methyl sites for hydroxylation is 1. The molecule has 1 heterocycles. The van der Waals surface area contributed by atoms with Crippen LogP contribution in [-0.2, 0) is 13.5 Å². The Morgan fingerprint density at radius 2 is 2.21 bits per heavy atom. The number of aromatic nitrogens is 3. The lowest BCUT2D eigenvalue weighted by Gasteiger charge is -2.18. The van der Waals surface area contributed by atoms with Crippen LogP contribution in [0.5, 0.6) is 0 Å². The monoisotopic (exact) mass is 260 g/mol. The molecule has 2 rings (SSSR count). The van der Waals surface area contributed by atoms with E-state index in [1.54, 1.807) is 4.68 Å². The zero-order chi connectivity index (χ0) is 13.8. The van der Waals surface area contributed by atoms with Gasteiger partial charge in [-0.25, -0.2) is 0 Å². The number of benzene rings is 1. The highest BCUT2D eigenvalue weighted by molar-refractivity contribution is 5.47. The van der Waals surface area contributed by atoms with Crippen LogP contribution in [0.15, 0.2) is 30.5 Å². The van der Waals surface area contributed by atoms with Crippen LogP contribution in [0.1, 0.15) is 17.3 Å². The first-order chi connectivity index (χ1) is 9.10. The summed E-state index contributed by atoms with van der Waals surface area (Å²) >= 11 is 0. The molecular weight excluding hydrogens is 240 g/mol. The van der Waals surface area contributed by atoms with E-state index in [9.17, 15) is 0 Å². The van der Waals surface area contributed by atoms with Crippen LogP contribution >= 0.6 is 0 Å². The lowest BCUT2D eigenvalue weighted by molar-refractivity contribution is 0.545. The van der Waals surface area contributed by atoms with Gasteiger partial charge in [0.25, 0.3) is 0 Å². The van der Waals surface area contributed by atoms with Gasteiger partial charge < -0.3 is 4.90 Å². The second-order valence-corrected chi connectivity index (χ2v) is 4.80. The first kappa shape index (κ1) is 13.5. The minimum Gasteiger partial charge on any atom is -0.378 e. The van der Waals surface area contributed by atoms with Crippen molar-refractivity contribution in [2.75, 3.05) is 19.0 Å². The van der Waals surface area contributed by atoms with E-state index in [4.69, 9.17) is 5.84 Å². The van der Waals surface area contributed by atoms with Crippen LogP contribution in [0.2, 0.25) is 0 Å². The van der Waals surface area contributed by atoms with Crippen LogP contribution in [0.3, 0.4) is 0 Å². The summed E-state index contributed by atoms with van der Waals surface area (Å²) in [7, 11) is 5.90. The van der Waals surface area contributed by atoms with Gasteiger partial charge >= 0.3 is 0 Å². The van der Waals surface area contributed by atoms with E-state index in [0.717, 1.165) is 16.9 Å². The molecule has 0 saturated carbocycles. The van der Waals surface area contributed by atoms with Crippen LogP contribution in [0, 0.1) is 0 Å². The number of nitrogens with two attached hydrogens (primary N) is 1. The highest BCUT2D eigenvalue weighted by Gasteiger charge is 2.13. The molecular formula is C13H20N6. The van der Waals surface area contributed by atoms with Gasteiger partial charge in [-0.2, -0.15) is 0 Å². The van der Waals surface area contributed by atoms with Gasteiger partial charge in [0.05, 0.1) is 11.7 Å². The molecule has 0 aliphatic rings. The van der Waals surface area contributed by atoms with Crippen molar-refractivity contribution in [3.63, 3.8) is 0 Å². The molecule has 0 aliphatic carbocycles. The maximum atomic E-state index is 5.67. The Morgan fingerprint density at radius 1 is 1.42 bits per heavy atom. The quantitative estimate of drug-likeness (QED) is 0.609. The van der Waals surface area contributed by atoms with Crippen LogP contribution in [0.25, 0.3) is 0 Å². The standard InChI is InChI=1S/C13H20N6/c1-18(2)12-6-4-5-10(7-12)13(15-14)8-11-9-19(3)17-16-11/h4-7,9,13,15H,8,14H2,1-3H3. The second-order valence-electron chi connectivity index (χ2n) is 4.80. The molecule has 3 N–H and O–H groups in total. The SMILES string of the molecule is CN(C)c1cccc(C(Cc2cn(C)nn2)NN)c1. The number of hydrazine groups is 1. The summed E-state index contributed by atoms with van der Waals surface area (Å²) in [6.07, 6.45) is 2.61. The topological polar surface area (TPSA) is 72.0 Å². The highest BCUT2D eigenvalue weighted by Crippen LogP contribution is 2.21. The van der Waals surface area contributed by atoms with Gasteiger partial charge in [0, 0.05) is 39.4 Å². The van der Waals surface area contributed by atoms with Gasteiger partial charge in [0.15, 0.2) is 0 Å². The Kier molecular flexibility index (Phi) is 4.13. The number of hydrogen-bond donors (Lipinski definition) is 2. The Balaban J connectivity index is 2.19. The lowest BCUT2D eigenvalue weighted by atomic mass is 10.0. The van der Waals surface area contributed by atoms with Gasteiger partial charge in [0.2, 0.25) is 0 Å². The largest absolute Gasteiger partial charge is 0.378 e. The molecule has 0 saturated heterocycles. The van der Waals surface area contributed by atoms with Crippen molar-refractivity contribution in [2.45, 2.75) is 12.5 Å². The molecule has 0 amide bonds. The molecule has 1 unspecified atom stereocenters. The molecule has 1 aromatic carbocycles. The number of nitrogens with zero attached hydrogens (tertiary/aromatic N) is 4. The van der Waals surface area contributed by atoms with Crippen molar-refractivity contribution in [1.82, 2.24) is 20.4 Å². The van der Waals surface area contributed by atoms with Crippen molar-refractivity contribution in [1.29, 1.82) is 0 Å². The Hall–Kier alpha value is -1.92. The van der Waals surface area contributed by atoms with E-state index in [1.165, 1.54) is 0 Å². The van der Waals surface area contributed by atoms with Crippen molar-refractivity contribution in [3.8, 4) is 0 Å². The average Bonchev–Trinajstić information content (AvgIpc) is 2.81. The number of hydrogen-bond acceptors (Lipinski definition) is 5. The normalized spacial score (nSPS) is 12.4. The molecule has 19 heavy (non-hydrogen) atoms. The summed E-state index contributed by atoms with van der Waals surface area (Å²) in [4.78, 5) is 2.07. The van der Waals surface area contributed by atoms with E-state index < -0.39 is 0 Å². The molecule has 0 bridgehead atoms. The number of nitrogens with one attached hydrogen (secondary N) is 1. The Labute approximate surface area is 113 Å². The molecule has 0 aliphatic heterocycles. The van der Waals surface area contributed by atoms with Crippen molar-refractivity contribution in [3.05, 3.63) is 41.7 Å². The second kappa shape index (κ2) is 5.81. The van der Waals surface area contributed by atoms with Crippen LogP contribution in [0.4, 0.5) is 5.69 Å². The van der Waals surface area contributed by atoms with Gasteiger partial charge in [-0.3, -0.25) is 16.0 Å². The minimum absolute atomic E-state index is 0.0246. The summed E-state index contributed by atoms with van der Waals surface area (Å²) in [5.41, 5.74) is 6.05. The molecule has 102 valence electrons. The van der Waals surface area contributed by atoms with E-state index in [0.29, 0.717) is 6.42 Å². The predicted molar refractivity (Wildman–Crippen MR) is 75.5 cm³/mol. The number of anilines is 1. The maximum Gasteiger partial charge on any atom is 0.0846 e. The Bertz CT molecular complexity index is 533. The van der Waals surface area contributed by atoms with Gasteiger partial charge in [-0.15, -0.1) is 5.10 Å². The van der Waals surface area contributed by atoms with Crippen LogP contribution in [-0.4, -0.2) is 29.1 Å². The van der Waals surface area contributed by atoms with Crippen molar-refractivity contribution in [2.24, 2.45) is 12.9 Å². The highest BCUT2D eigenvalue weighted by atomic mass is 15.4. The zero-order valence-corrected chi connectivity index (χ0v) is 11.5. The summed E-state index contributed by atoms with van der Waals surface area (Å²) in [6.45, 7) is 0. The third-order valence-corrected chi connectivity index (χ3v) is 3.05. The Morgan fingerprint density at radius 3 is 2.79 bits per heavy atom. The summed E-state index contributed by atoms with van der Waals surface area (Å²) in [5.74, 6) is 5.67. The van der Waals surface area contributed by atoms with Crippen LogP contribution < -0.4 is 16.2 Å². The van der Waals surface area contributed by atoms with Gasteiger partial charge in [-0.05, 0) is 17.7 Å². The smallest absolute Gasteiger partial charge is 0.0846 e. The zero-order valence-electron chi connectivity index (χ0n) is 11.5. The molecule has 0 spiro atoms. The molecule has 6 heteroatoms. The minimum atomic E-state index is 0.0246. The fraction of sp³-hybridized carbons (Fsp3) is 0.385. The molecule has 1 aromatic heterocycles. The molecule has 6 nitrogen and oxygen atoms in total. The third-order valence-electron chi connectivity index (χ3n) is 3.05. The predicted octanol–water partition coefficient (Wildman–Crippen LogP) is 0.628. The van der Waals surface area contributed by atoms with Gasteiger partial charge in [0.1, 0.15) is 0 Å². The first-order valence-corrected chi connectivity index (χ1v) is 6.18. The van der Waals surface area contributed by atoms with Gasteiger partial charge in [-0.1, -0.05) is 17.3 Å². The lowest BCUT2D eigenvalue weighted by Crippen LogP contribution is -2.29. The molecule has 1 atom stereocenters. The maximum absolute atomic E-state index is 5.67. The first-order valence-electron chi connectivity index (χ1n) is 6.18. The summed E-state index contributed by atoms with van der Waals surface area (Å²) in [6, 6.07) is 8.32. The van der Waals surface area contributed by atoms with E-state index in [-0.39, 0.29) is 6.04 Å². The molecule has 2 aromatic rings. The average molecular weight is 260 g/mol. The number of rotatable bonds is 5. The van der Waals surface area contributed by atoms with E-state index in [1.807, 2.05) is 33.4 Å². The fourth-order valence-corrected chi connectivity index (χ4v) is 1.99. The molecule has 0 fully saturated rings. The van der Waals surface area contributed by atoms with E-state index in [2.05, 4.69) is 38.8 Å². The van der Waals surface area contributed by atoms with Crippen molar-refractivity contribution >= 4 is 5.69 Å². The fourth-order valence-electron chi connectivity index (χ4n) is 1.99. The van der Waals surface area contributed by atoms with Crippen molar-refractivity contribution < 1.29 is 0 Å².